The summed E-state index contributed by atoms with van der Waals surface area (Å²) in [6.45, 7) is -0.730. The standard InChI is InChI=1S/C18H15F3INO3/c19-14-4-3-12(17(25)23-7-18(26,8-23)9-24)13(16(14)21)5-10-1-2-11(22)6-15(10)20/h1-4,6,24,26H,5,7-9H2. The fourth-order valence-electron chi connectivity index (χ4n) is 2.90. The van der Waals surface area contributed by atoms with Gasteiger partial charge in [0, 0.05) is 21.1 Å². The monoisotopic (exact) mass is 477 g/mol. The minimum absolute atomic E-state index is 0.0955. The number of amides is 1. The molecule has 3 rings (SSSR count). The normalized spacial score (nSPS) is 15.7. The van der Waals surface area contributed by atoms with Crippen molar-refractivity contribution in [3.63, 3.8) is 0 Å². The number of aliphatic hydroxyl groups excluding tert-OH is 1. The number of nitrogens with zero attached hydrogens (tertiary/aromatic N) is 1. The average Bonchev–Trinajstić information content (AvgIpc) is 2.57. The molecule has 0 aliphatic carbocycles. The molecule has 1 heterocycles. The zero-order valence-electron chi connectivity index (χ0n) is 13.5. The van der Waals surface area contributed by atoms with Crippen LogP contribution in [0.3, 0.4) is 0 Å². The summed E-state index contributed by atoms with van der Waals surface area (Å²) in [5.74, 6) is -3.51. The van der Waals surface area contributed by atoms with Crippen molar-refractivity contribution in [2.45, 2.75) is 12.0 Å². The molecule has 2 aromatic rings. The van der Waals surface area contributed by atoms with Crippen molar-refractivity contribution in [3.8, 4) is 0 Å². The van der Waals surface area contributed by atoms with Gasteiger partial charge in [0.25, 0.3) is 5.91 Å². The van der Waals surface area contributed by atoms with Gasteiger partial charge in [0.2, 0.25) is 0 Å². The molecule has 0 saturated carbocycles. The Hall–Kier alpha value is -1.65. The smallest absolute Gasteiger partial charge is 0.254 e. The SMILES string of the molecule is O=C(c1ccc(F)c(F)c1Cc1ccc(I)cc1F)N1CC(O)(CO)C1. The van der Waals surface area contributed by atoms with Crippen LogP contribution in [0.15, 0.2) is 30.3 Å². The highest BCUT2D eigenvalue weighted by Gasteiger charge is 2.43. The third-order valence-corrected chi connectivity index (χ3v) is 5.03. The maximum absolute atomic E-state index is 14.4. The minimum Gasteiger partial charge on any atom is -0.393 e. The van der Waals surface area contributed by atoms with Crippen LogP contribution in [0.4, 0.5) is 13.2 Å². The second-order valence-corrected chi connectivity index (χ2v) is 7.59. The van der Waals surface area contributed by atoms with Crippen LogP contribution in [0.1, 0.15) is 21.5 Å². The summed E-state index contributed by atoms with van der Waals surface area (Å²) in [5.41, 5.74) is -1.58. The van der Waals surface area contributed by atoms with E-state index in [-0.39, 0.29) is 36.2 Å². The van der Waals surface area contributed by atoms with Crippen LogP contribution < -0.4 is 0 Å². The van der Waals surface area contributed by atoms with Crippen LogP contribution in [0.25, 0.3) is 0 Å². The number of hydrogen-bond donors (Lipinski definition) is 2. The van der Waals surface area contributed by atoms with Gasteiger partial charge in [-0.05, 0) is 52.4 Å². The van der Waals surface area contributed by atoms with Crippen molar-refractivity contribution < 1.29 is 28.2 Å². The third-order valence-electron chi connectivity index (χ3n) is 4.36. The maximum atomic E-state index is 14.4. The molecule has 2 aromatic carbocycles. The Morgan fingerprint density at radius 3 is 2.46 bits per heavy atom. The van der Waals surface area contributed by atoms with Gasteiger partial charge in [-0.3, -0.25) is 4.79 Å². The van der Waals surface area contributed by atoms with E-state index in [2.05, 4.69) is 0 Å². The molecule has 0 spiro atoms. The van der Waals surface area contributed by atoms with E-state index in [0.29, 0.717) is 3.57 Å². The van der Waals surface area contributed by atoms with Gasteiger partial charge in [0.05, 0.1) is 19.7 Å². The number of benzene rings is 2. The zero-order valence-corrected chi connectivity index (χ0v) is 15.6. The summed E-state index contributed by atoms with van der Waals surface area (Å²) in [5, 5.41) is 18.9. The van der Waals surface area contributed by atoms with Crippen molar-refractivity contribution in [3.05, 3.63) is 68.0 Å². The lowest BCUT2D eigenvalue weighted by molar-refractivity contribution is -0.109. The van der Waals surface area contributed by atoms with E-state index in [4.69, 9.17) is 5.11 Å². The van der Waals surface area contributed by atoms with Gasteiger partial charge in [-0.1, -0.05) is 6.07 Å². The van der Waals surface area contributed by atoms with Gasteiger partial charge in [-0.15, -0.1) is 0 Å². The third kappa shape index (κ3) is 3.58. The average molecular weight is 477 g/mol. The highest BCUT2D eigenvalue weighted by Crippen LogP contribution is 2.27. The molecule has 0 bridgehead atoms. The van der Waals surface area contributed by atoms with Crippen LogP contribution in [0.5, 0.6) is 0 Å². The summed E-state index contributed by atoms with van der Waals surface area (Å²) in [6.07, 6.45) is -0.286. The lowest BCUT2D eigenvalue weighted by Gasteiger charge is -2.45. The Morgan fingerprint density at radius 2 is 1.85 bits per heavy atom. The van der Waals surface area contributed by atoms with E-state index in [0.717, 1.165) is 12.1 Å². The Balaban J connectivity index is 1.94. The van der Waals surface area contributed by atoms with Crippen LogP contribution in [-0.2, 0) is 6.42 Å². The largest absolute Gasteiger partial charge is 0.393 e. The van der Waals surface area contributed by atoms with Gasteiger partial charge in [-0.2, -0.15) is 0 Å². The highest BCUT2D eigenvalue weighted by molar-refractivity contribution is 14.1. The predicted molar refractivity (Wildman–Crippen MR) is 96.2 cm³/mol. The molecule has 0 unspecified atom stereocenters. The summed E-state index contributed by atoms with van der Waals surface area (Å²) < 4.78 is 42.8. The summed E-state index contributed by atoms with van der Waals surface area (Å²) in [4.78, 5) is 13.8. The first-order chi connectivity index (χ1) is 12.2. The van der Waals surface area contributed by atoms with Crippen molar-refractivity contribution >= 4 is 28.5 Å². The second-order valence-electron chi connectivity index (χ2n) is 6.34. The van der Waals surface area contributed by atoms with E-state index in [1.165, 1.54) is 17.0 Å². The molecule has 1 fully saturated rings. The number of carbonyl (C=O) groups is 1. The van der Waals surface area contributed by atoms with Crippen LogP contribution in [0, 0.1) is 21.0 Å². The fourth-order valence-corrected chi connectivity index (χ4v) is 3.35. The molecule has 0 radical (unpaired) electrons. The van der Waals surface area contributed by atoms with Crippen molar-refractivity contribution in [1.82, 2.24) is 4.90 Å². The van der Waals surface area contributed by atoms with Gasteiger partial charge in [-0.25, -0.2) is 13.2 Å². The lowest BCUT2D eigenvalue weighted by atomic mass is 9.92. The second kappa shape index (κ2) is 7.16. The Labute approximate surface area is 161 Å². The first-order valence-corrected chi connectivity index (χ1v) is 8.85. The molecule has 4 nitrogen and oxygen atoms in total. The fraction of sp³-hybridized carbons (Fsp3) is 0.278. The van der Waals surface area contributed by atoms with Crippen molar-refractivity contribution in [2.75, 3.05) is 19.7 Å². The molecule has 1 aliphatic rings. The number of likely N-dealkylation sites (tertiary alicyclic amines) is 1. The molecule has 0 atom stereocenters. The number of rotatable bonds is 4. The number of hydrogen-bond acceptors (Lipinski definition) is 3. The van der Waals surface area contributed by atoms with Crippen molar-refractivity contribution in [2.24, 2.45) is 0 Å². The maximum Gasteiger partial charge on any atom is 0.254 e. The minimum atomic E-state index is -1.38. The number of carbonyl (C=O) groups excluding carboxylic acids is 1. The topological polar surface area (TPSA) is 60.8 Å². The van der Waals surface area contributed by atoms with Crippen molar-refractivity contribution in [1.29, 1.82) is 0 Å². The van der Waals surface area contributed by atoms with E-state index >= 15 is 0 Å². The van der Waals surface area contributed by atoms with Gasteiger partial charge in [0.1, 0.15) is 11.4 Å². The molecule has 138 valence electrons. The zero-order chi connectivity index (χ0) is 19.1. The van der Waals surface area contributed by atoms with Crippen LogP contribution in [0.2, 0.25) is 0 Å². The molecule has 0 aromatic heterocycles. The van der Waals surface area contributed by atoms with E-state index in [1.807, 2.05) is 22.6 Å². The molecule has 2 N–H and O–H groups in total. The molecule has 1 amide bonds. The molecule has 8 heteroatoms. The van der Waals surface area contributed by atoms with E-state index in [1.54, 1.807) is 6.07 Å². The van der Waals surface area contributed by atoms with Gasteiger partial charge in [0.15, 0.2) is 11.6 Å². The summed E-state index contributed by atoms with van der Waals surface area (Å²) in [7, 11) is 0. The molecule has 1 saturated heterocycles. The van der Waals surface area contributed by atoms with Crippen LogP contribution >= 0.6 is 22.6 Å². The lowest BCUT2D eigenvalue weighted by Crippen LogP contribution is -2.65. The molecular formula is C18H15F3INO3. The number of β-amino-alcohol motifs (C(OH)–C–C–N with tert-alkyl or cyclic N) is 1. The van der Waals surface area contributed by atoms with E-state index < -0.39 is 35.6 Å². The highest BCUT2D eigenvalue weighted by atomic mass is 127. The first-order valence-electron chi connectivity index (χ1n) is 7.77. The quantitative estimate of drug-likeness (QED) is 0.666. The summed E-state index contributed by atoms with van der Waals surface area (Å²) in [6, 6.07) is 6.36. The Morgan fingerprint density at radius 1 is 1.15 bits per heavy atom. The molecular weight excluding hydrogens is 462 g/mol. The van der Waals surface area contributed by atoms with Gasteiger partial charge >= 0.3 is 0 Å². The molecule has 26 heavy (non-hydrogen) atoms. The first kappa shape index (κ1) is 19.1. The summed E-state index contributed by atoms with van der Waals surface area (Å²) >= 11 is 1.93. The van der Waals surface area contributed by atoms with Gasteiger partial charge < -0.3 is 15.1 Å². The number of halogens is 4. The van der Waals surface area contributed by atoms with E-state index in [9.17, 15) is 23.1 Å². The Bertz CT molecular complexity index is 869. The van der Waals surface area contributed by atoms with Crippen LogP contribution in [-0.4, -0.2) is 46.3 Å². The Kier molecular flexibility index (Phi) is 5.27. The molecule has 1 aliphatic heterocycles. The number of aliphatic hydroxyl groups is 2. The predicted octanol–water partition coefficient (Wildman–Crippen LogP) is 2.48.